The number of nitrogens with one attached hydrogen (secondary N) is 1. The molecule has 6 rings (SSSR count). The van der Waals surface area contributed by atoms with Crippen molar-refractivity contribution in [3.63, 3.8) is 0 Å². The summed E-state index contributed by atoms with van der Waals surface area (Å²) in [5.41, 5.74) is 2.69. The molecule has 0 radical (unpaired) electrons. The van der Waals surface area contributed by atoms with E-state index in [0.717, 1.165) is 0 Å². The van der Waals surface area contributed by atoms with Crippen LogP contribution in [0.4, 0.5) is 4.39 Å². The van der Waals surface area contributed by atoms with E-state index < -0.39 is 23.2 Å². The molecule has 0 spiro atoms. The summed E-state index contributed by atoms with van der Waals surface area (Å²) in [4.78, 5) is 31.9. The van der Waals surface area contributed by atoms with Gasteiger partial charge in [-0.2, -0.15) is 10.2 Å². The maximum atomic E-state index is 14.4. The summed E-state index contributed by atoms with van der Waals surface area (Å²) >= 11 is 0. The van der Waals surface area contributed by atoms with Gasteiger partial charge in [0.25, 0.3) is 5.91 Å². The van der Waals surface area contributed by atoms with Gasteiger partial charge in [0, 0.05) is 31.2 Å². The van der Waals surface area contributed by atoms with E-state index in [1.807, 2.05) is 0 Å². The molecule has 1 atom stereocenters. The van der Waals surface area contributed by atoms with E-state index in [-0.39, 0.29) is 22.3 Å². The maximum absolute atomic E-state index is 14.4. The van der Waals surface area contributed by atoms with Crippen molar-refractivity contribution in [2.45, 2.75) is 19.9 Å². The third-order valence-electron chi connectivity index (χ3n) is 6.64. The van der Waals surface area contributed by atoms with E-state index in [4.69, 9.17) is 4.42 Å². The van der Waals surface area contributed by atoms with Gasteiger partial charge in [-0.1, -0.05) is 30.0 Å². The molecular formula is C31H23FN6O3. The number of hydrogen-bond acceptors (Lipinski definition) is 6. The Morgan fingerprint density at radius 3 is 2.76 bits per heavy atom. The number of rotatable bonds is 4. The smallest absolute Gasteiger partial charge is 0.257 e. The molecule has 6 aromatic rings. The van der Waals surface area contributed by atoms with Crippen molar-refractivity contribution in [1.82, 2.24) is 29.7 Å². The fraction of sp³-hybridized carbons (Fsp3) is 0.129. The summed E-state index contributed by atoms with van der Waals surface area (Å²) in [6, 6.07) is 11.8. The van der Waals surface area contributed by atoms with Gasteiger partial charge in [0.15, 0.2) is 5.65 Å². The van der Waals surface area contributed by atoms with Crippen molar-refractivity contribution in [1.29, 1.82) is 0 Å². The summed E-state index contributed by atoms with van der Waals surface area (Å²) < 4.78 is 23.8. The molecule has 1 amide bonds. The highest BCUT2D eigenvalue weighted by Gasteiger charge is 2.26. The molecule has 0 fully saturated rings. The molecule has 4 heterocycles. The molecule has 4 aromatic heterocycles. The Morgan fingerprint density at radius 2 is 1.98 bits per heavy atom. The zero-order chi connectivity index (χ0) is 28.7. The highest BCUT2D eigenvalue weighted by atomic mass is 19.1. The van der Waals surface area contributed by atoms with Crippen LogP contribution < -0.4 is 10.7 Å². The average Bonchev–Trinajstić information content (AvgIpc) is 3.52. The fourth-order valence-corrected chi connectivity index (χ4v) is 4.81. The molecule has 0 saturated heterocycles. The van der Waals surface area contributed by atoms with Crippen LogP contribution in [0.1, 0.15) is 45.9 Å². The number of amides is 1. The lowest BCUT2D eigenvalue weighted by molar-refractivity contribution is 0.0936. The van der Waals surface area contributed by atoms with Crippen LogP contribution in [-0.2, 0) is 7.05 Å². The van der Waals surface area contributed by atoms with Crippen LogP contribution in [0.5, 0.6) is 0 Å². The van der Waals surface area contributed by atoms with Crippen LogP contribution in [0, 0.1) is 24.6 Å². The Hall–Kier alpha value is -5.56. The number of aryl methyl sites for hydroxylation is 2. The van der Waals surface area contributed by atoms with Gasteiger partial charge >= 0.3 is 0 Å². The predicted octanol–water partition coefficient (Wildman–Crippen LogP) is 4.57. The number of aromatic nitrogens is 5. The molecule has 1 unspecified atom stereocenters. The third kappa shape index (κ3) is 4.74. The van der Waals surface area contributed by atoms with Crippen LogP contribution in [0.15, 0.2) is 82.5 Å². The molecular weight excluding hydrogens is 523 g/mol. The lowest BCUT2D eigenvalue weighted by Crippen LogP contribution is -2.28. The first kappa shape index (κ1) is 25.7. The first-order valence-corrected chi connectivity index (χ1v) is 12.8. The zero-order valence-corrected chi connectivity index (χ0v) is 22.3. The van der Waals surface area contributed by atoms with Crippen LogP contribution in [-0.4, -0.2) is 30.3 Å². The number of halogens is 1. The lowest BCUT2D eigenvalue weighted by atomic mass is 9.97. The first-order chi connectivity index (χ1) is 19.8. The van der Waals surface area contributed by atoms with Gasteiger partial charge in [0.05, 0.1) is 34.4 Å². The molecule has 0 aliphatic heterocycles. The number of benzene rings is 2. The Kier molecular flexibility index (Phi) is 6.40. The van der Waals surface area contributed by atoms with E-state index in [1.54, 1.807) is 80.7 Å². The quantitative estimate of drug-likeness (QED) is 0.325. The van der Waals surface area contributed by atoms with E-state index in [9.17, 15) is 14.0 Å². The van der Waals surface area contributed by atoms with E-state index >= 15 is 0 Å². The Labute approximate surface area is 233 Å². The monoisotopic (exact) mass is 546 g/mol. The molecule has 1 N–H and O–H groups in total. The highest BCUT2D eigenvalue weighted by molar-refractivity contribution is 6.01. The maximum Gasteiger partial charge on any atom is 0.257 e. The molecule has 202 valence electrons. The molecule has 0 bridgehead atoms. The van der Waals surface area contributed by atoms with Gasteiger partial charge in [-0.15, -0.1) is 0 Å². The first-order valence-electron chi connectivity index (χ1n) is 12.8. The van der Waals surface area contributed by atoms with E-state index in [1.165, 1.54) is 22.7 Å². The standard InChI is InChI=1S/C31H23FN6O3/c1-18-25(30-33-13-6-14-38(30)36-18)31(40)35-19(2)29-27(22-8-4-9-23(32)15-22)28(39)26-21(7-5-10-24(26)41-29)12-11-20-16-34-37(3)17-20/h4-10,13-17,19H,1-3H3,(H,35,40). The average molecular weight is 547 g/mol. The lowest BCUT2D eigenvalue weighted by Gasteiger charge is -2.18. The Balaban J connectivity index is 1.49. The van der Waals surface area contributed by atoms with Crippen molar-refractivity contribution >= 4 is 22.5 Å². The number of nitrogens with zero attached hydrogens (tertiary/aromatic N) is 5. The van der Waals surface area contributed by atoms with Crippen molar-refractivity contribution in [2.24, 2.45) is 7.05 Å². The summed E-state index contributed by atoms with van der Waals surface area (Å²) in [5.74, 6) is 5.30. The van der Waals surface area contributed by atoms with Gasteiger partial charge in [0.2, 0.25) is 5.43 Å². The fourth-order valence-electron chi connectivity index (χ4n) is 4.81. The second kappa shape index (κ2) is 10.2. The third-order valence-corrected chi connectivity index (χ3v) is 6.64. The Morgan fingerprint density at radius 1 is 1.15 bits per heavy atom. The largest absolute Gasteiger partial charge is 0.458 e. The topological polar surface area (TPSA) is 107 Å². The normalized spacial score (nSPS) is 11.8. The van der Waals surface area contributed by atoms with Gasteiger partial charge in [0.1, 0.15) is 22.7 Å². The molecule has 0 saturated carbocycles. The van der Waals surface area contributed by atoms with Gasteiger partial charge in [-0.05, 0) is 49.7 Å². The van der Waals surface area contributed by atoms with Crippen LogP contribution in [0.3, 0.4) is 0 Å². The van der Waals surface area contributed by atoms with Gasteiger partial charge in [-0.25, -0.2) is 13.9 Å². The Bertz CT molecular complexity index is 2100. The summed E-state index contributed by atoms with van der Waals surface area (Å²) in [7, 11) is 1.79. The molecule has 41 heavy (non-hydrogen) atoms. The molecule has 0 aliphatic carbocycles. The number of hydrogen-bond donors (Lipinski definition) is 1. The van der Waals surface area contributed by atoms with Crippen LogP contribution in [0.2, 0.25) is 0 Å². The number of carbonyl (C=O) groups is 1. The van der Waals surface area contributed by atoms with Gasteiger partial charge in [-0.3, -0.25) is 14.3 Å². The number of fused-ring (bicyclic) bond motifs is 2. The highest BCUT2D eigenvalue weighted by Crippen LogP contribution is 2.31. The van der Waals surface area contributed by atoms with Crippen LogP contribution in [0.25, 0.3) is 27.7 Å². The minimum absolute atomic E-state index is 0.134. The second-order valence-electron chi connectivity index (χ2n) is 9.56. The van der Waals surface area contributed by atoms with E-state index in [2.05, 4.69) is 32.3 Å². The van der Waals surface area contributed by atoms with Crippen molar-refractivity contribution in [2.75, 3.05) is 0 Å². The van der Waals surface area contributed by atoms with Crippen LogP contribution >= 0.6 is 0 Å². The molecule has 9 nitrogen and oxygen atoms in total. The minimum atomic E-state index is -0.777. The van der Waals surface area contributed by atoms with E-state index in [0.29, 0.717) is 33.6 Å². The predicted molar refractivity (Wildman–Crippen MR) is 151 cm³/mol. The van der Waals surface area contributed by atoms with Crippen molar-refractivity contribution in [3.8, 4) is 23.0 Å². The second-order valence-corrected chi connectivity index (χ2v) is 9.56. The van der Waals surface area contributed by atoms with Crippen molar-refractivity contribution < 1.29 is 13.6 Å². The summed E-state index contributed by atoms with van der Waals surface area (Å²) in [6.07, 6.45) is 6.68. The molecule has 10 heteroatoms. The molecule has 2 aromatic carbocycles. The zero-order valence-electron chi connectivity index (χ0n) is 22.3. The molecule has 0 aliphatic rings. The minimum Gasteiger partial charge on any atom is -0.458 e. The van der Waals surface area contributed by atoms with Gasteiger partial charge < -0.3 is 9.73 Å². The number of carbonyl (C=O) groups excluding carboxylic acids is 1. The summed E-state index contributed by atoms with van der Waals surface area (Å²) in [5, 5.41) is 11.6. The van der Waals surface area contributed by atoms with Crippen molar-refractivity contribution in [3.05, 3.63) is 118 Å². The SMILES string of the molecule is Cc1nn2cccnc2c1C(=O)NC(C)c1oc2cccc(C#Cc3cnn(C)c3)c2c(=O)c1-c1cccc(F)c1. The summed E-state index contributed by atoms with van der Waals surface area (Å²) in [6.45, 7) is 3.42.